The van der Waals surface area contributed by atoms with Gasteiger partial charge in [0.1, 0.15) is 17.7 Å². The Morgan fingerprint density at radius 3 is 2.44 bits per heavy atom. The van der Waals surface area contributed by atoms with Crippen LogP contribution < -0.4 is 10.9 Å². The summed E-state index contributed by atoms with van der Waals surface area (Å²) < 4.78 is 13.4. The van der Waals surface area contributed by atoms with Gasteiger partial charge in [-0.25, -0.2) is 9.37 Å². The topological polar surface area (TPSA) is 156 Å². The Bertz CT molecular complexity index is 1100. The summed E-state index contributed by atoms with van der Waals surface area (Å²) in [5, 5.41) is 22.2. The highest BCUT2D eigenvalue weighted by atomic mass is 19.1. The number of rotatable bonds is 6. The van der Waals surface area contributed by atoms with E-state index in [9.17, 15) is 33.8 Å². The van der Waals surface area contributed by atoms with Crippen molar-refractivity contribution >= 4 is 17.7 Å². The largest absolute Gasteiger partial charge is 0.501 e. The number of hydrogen-bond donors (Lipinski definition) is 4. The van der Waals surface area contributed by atoms with Crippen LogP contribution in [0.4, 0.5) is 4.39 Å². The van der Waals surface area contributed by atoms with Gasteiger partial charge in [0.15, 0.2) is 5.69 Å². The van der Waals surface area contributed by atoms with Gasteiger partial charge in [-0.15, -0.1) is 0 Å². The van der Waals surface area contributed by atoms with Crippen molar-refractivity contribution < 1.29 is 29.0 Å². The maximum atomic E-state index is 13.4. The van der Waals surface area contributed by atoms with E-state index in [-0.39, 0.29) is 12.4 Å². The SMILES string of the molecule is Cc1cc(CNC(=O)c2nc(C(CO)N(C)C(=O)C(=O)N(C)C)[nH]c(=O)c2O)ccc1F. The standard InChI is InChI=1S/C20H24FN5O6/c1-10-7-11(5-6-12(10)21)8-22-17(29)14-15(28)18(30)24-16(23-14)13(9-27)26(4)20(32)19(31)25(2)3/h5-7,13,27-28H,8-9H2,1-4H3,(H,22,29)(H,23,24,30). The minimum absolute atomic E-state index is 0.0393. The maximum Gasteiger partial charge on any atom is 0.312 e. The van der Waals surface area contributed by atoms with Gasteiger partial charge in [-0.1, -0.05) is 12.1 Å². The molecule has 3 amide bonds. The van der Waals surface area contributed by atoms with Crippen LogP contribution in [0.1, 0.15) is 33.5 Å². The molecule has 1 unspecified atom stereocenters. The summed E-state index contributed by atoms with van der Waals surface area (Å²) in [4.78, 5) is 56.9. The molecule has 32 heavy (non-hydrogen) atoms. The number of nitrogens with one attached hydrogen (secondary N) is 2. The van der Waals surface area contributed by atoms with Gasteiger partial charge >= 0.3 is 11.8 Å². The van der Waals surface area contributed by atoms with Crippen molar-refractivity contribution in [1.82, 2.24) is 25.1 Å². The van der Waals surface area contributed by atoms with Crippen LogP contribution >= 0.6 is 0 Å². The Kier molecular flexibility index (Phi) is 7.65. The molecule has 1 heterocycles. The van der Waals surface area contributed by atoms with Gasteiger partial charge in [0.05, 0.1) is 6.61 Å². The highest BCUT2D eigenvalue weighted by Gasteiger charge is 2.30. The van der Waals surface area contributed by atoms with Gasteiger partial charge in [0, 0.05) is 27.7 Å². The zero-order chi connectivity index (χ0) is 24.2. The number of aliphatic hydroxyl groups excluding tert-OH is 1. The van der Waals surface area contributed by atoms with Crippen molar-refractivity contribution in [3.63, 3.8) is 0 Å². The number of hydrogen-bond acceptors (Lipinski definition) is 7. The summed E-state index contributed by atoms with van der Waals surface area (Å²) in [6.45, 7) is 0.792. The van der Waals surface area contributed by atoms with E-state index in [2.05, 4.69) is 15.3 Å². The third-order valence-electron chi connectivity index (χ3n) is 4.67. The number of aromatic amines is 1. The molecule has 1 aromatic carbocycles. The molecule has 2 aromatic rings. The van der Waals surface area contributed by atoms with Crippen molar-refractivity contribution in [3.8, 4) is 5.75 Å². The van der Waals surface area contributed by atoms with E-state index >= 15 is 0 Å². The van der Waals surface area contributed by atoms with E-state index in [1.165, 1.54) is 39.3 Å². The molecular weight excluding hydrogens is 425 g/mol. The number of benzene rings is 1. The van der Waals surface area contributed by atoms with Gasteiger partial charge in [-0.2, -0.15) is 0 Å². The first-order valence-corrected chi connectivity index (χ1v) is 9.43. The highest BCUT2D eigenvalue weighted by molar-refractivity contribution is 6.34. The fourth-order valence-corrected chi connectivity index (χ4v) is 2.76. The molecule has 0 aliphatic heterocycles. The number of aliphatic hydroxyl groups is 1. The molecule has 0 radical (unpaired) electrons. The Morgan fingerprint density at radius 1 is 1.22 bits per heavy atom. The van der Waals surface area contributed by atoms with Gasteiger partial charge in [0.25, 0.3) is 11.5 Å². The lowest BCUT2D eigenvalue weighted by Gasteiger charge is -2.26. The van der Waals surface area contributed by atoms with Crippen molar-refractivity contribution in [2.75, 3.05) is 27.7 Å². The summed E-state index contributed by atoms with van der Waals surface area (Å²) in [6, 6.07) is 2.96. The third-order valence-corrected chi connectivity index (χ3v) is 4.67. The number of aromatic hydroxyl groups is 1. The van der Waals surface area contributed by atoms with Gasteiger partial charge in [-0.3, -0.25) is 19.2 Å². The molecule has 2 rings (SSSR count). The van der Waals surface area contributed by atoms with Crippen molar-refractivity contribution in [2.45, 2.75) is 19.5 Å². The van der Waals surface area contributed by atoms with E-state index in [1.54, 1.807) is 6.92 Å². The van der Waals surface area contributed by atoms with E-state index < -0.39 is 53.2 Å². The number of likely N-dealkylation sites (N-methyl/N-ethyl adjacent to an activating group) is 2. The van der Waals surface area contributed by atoms with Crippen LogP contribution in [-0.4, -0.2) is 75.5 Å². The summed E-state index contributed by atoms with van der Waals surface area (Å²) >= 11 is 0. The zero-order valence-corrected chi connectivity index (χ0v) is 18.0. The van der Waals surface area contributed by atoms with E-state index in [1.807, 2.05) is 0 Å². The third kappa shape index (κ3) is 5.27. The predicted molar refractivity (Wildman–Crippen MR) is 110 cm³/mol. The Balaban J connectivity index is 2.31. The number of aromatic nitrogens is 2. The lowest BCUT2D eigenvalue weighted by molar-refractivity contribution is -0.151. The average Bonchev–Trinajstić information content (AvgIpc) is 2.75. The second kappa shape index (κ2) is 10.0. The minimum atomic E-state index is -1.27. The minimum Gasteiger partial charge on any atom is -0.501 e. The average molecular weight is 449 g/mol. The first-order chi connectivity index (χ1) is 15.0. The monoisotopic (exact) mass is 449 g/mol. The van der Waals surface area contributed by atoms with Crippen molar-refractivity contribution in [1.29, 1.82) is 0 Å². The summed E-state index contributed by atoms with van der Waals surface area (Å²) in [5.74, 6) is -4.44. The lowest BCUT2D eigenvalue weighted by Crippen LogP contribution is -2.44. The van der Waals surface area contributed by atoms with Crippen LogP contribution in [0.3, 0.4) is 0 Å². The predicted octanol–water partition coefficient (Wildman–Crippen LogP) is -0.567. The molecule has 0 aliphatic rings. The first-order valence-electron chi connectivity index (χ1n) is 9.43. The molecule has 0 saturated heterocycles. The maximum absolute atomic E-state index is 13.4. The first kappa shape index (κ1) is 24.5. The summed E-state index contributed by atoms with van der Waals surface area (Å²) in [5.41, 5.74) is -0.763. The molecule has 0 fully saturated rings. The van der Waals surface area contributed by atoms with Gasteiger partial charge in [0.2, 0.25) is 5.75 Å². The normalized spacial score (nSPS) is 11.6. The molecule has 1 aromatic heterocycles. The Hall–Kier alpha value is -3.80. The zero-order valence-electron chi connectivity index (χ0n) is 18.0. The molecule has 11 nitrogen and oxygen atoms in total. The second-order valence-electron chi connectivity index (χ2n) is 7.23. The molecule has 4 N–H and O–H groups in total. The van der Waals surface area contributed by atoms with E-state index in [0.29, 0.717) is 11.1 Å². The van der Waals surface area contributed by atoms with E-state index in [4.69, 9.17) is 0 Å². The fourth-order valence-electron chi connectivity index (χ4n) is 2.76. The summed E-state index contributed by atoms with van der Waals surface area (Å²) in [6.07, 6.45) is 0. The number of halogens is 1. The van der Waals surface area contributed by atoms with E-state index in [0.717, 1.165) is 9.80 Å². The summed E-state index contributed by atoms with van der Waals surface area (Å²) in [7, 11) is 3.95. The molecule has 0 spiro atoms. The molecule has 172 valence electrons. The molecule has 0 aliphatic carbocycles. The van der Waals surface area contributed by atoms with Crippen LogP contribution in [-0.2, 0) is 16.1 Å². The molecule has 1 atom stereocenters. The van der Waals surface area contributed by atoms with Gasteiger partial charge in [-0.05, 0) is 24.1 Å². The smallest absolute Gasteiger partial charge is 0.312 e. The number of H-pyrrole nitrogens is 1. The van der Waals surface area contributed by atoms with Crippen LogP contribution in [0.5, 0.6) is 5.75 Å². The number of carbonyl (C=O) groups is 3. The van der Waals surface area contributed by atoms with Crippen molar-refractivity contribution in [2.24, 2.45) is 0 Å². The quantitative estimate of drug-likeness (QED) is 0.431. The van der Waals surface area contributed by atoms with Crippen LogP contribution in [0.2, 0.25) is 0 Å². The van der Waals surface area contributed by atoms with Crippen LogP contribution in [0, 0.1) is 12.7 Å². The van der Waals surface area contributed by atoms with Crippen molar-refractivity contribution in [3.05, 3.63) is 57.0 Å². The molecule has 0 bridgehead atoms. The Labute approximate surface area is 182 Å². The number of amides is 3. The molecule has 12 heteroatoms. The number of carbonyl (C=O) groups excluding carboxylic acids is 3. The van der Waals surface area contributed by atoms with Gasteiger partial charge < -0.3 is 30.3 Å². The number of nitrogens with zero attached hydrogens (tertiary/aromatic N) is 3. The Morgan fingerprint density at radius 2 is 1.88 bits per heavy atom. The van der Waals surface area contributed by atoms with Crippen LogP contribution in [0.25, 0.3) is 0 Å². The lowest BCUT2D eigenvalue weighted by atomic mass is 10.1. The second-order valence-corrected chi connectivity index (χ2v) is 7.23. The number of aryl methyl sites for hydroxylation is 1. The highest BCUT2D eigenvalue weighted by Crippen LogP contribution is 2.18. The van der Waals surface area contributed by atoms with Crippen LogP contribution in [0.15, 0.2) is 23.0 Å². The molecule has 0 saturated carbocycles. The fraction of sp³-hybridized carbons (Fsp3) is 0.350. The molecular formula is C20H24FN5O6.